The van der Waals surface area contributed by atoms with Gasteiger partial charge in [-0.25, -0.2) is 13.6 Å². The van der Waals surface area contributed by atoms with Crippen LogP contribution in [-0.4, -0.2) is 20.1 Å². The van der Waals surface area contributed by atoms with E-state index < -0.39 is 10.0 Å². The second kappa shape index (κ2) is 8.05. The van der Waals surface area contributed by atoms with Crippen LogP contribution in [0.25, 0.3) is 0 Å². The van der Waals surface area contributed by atoms with Crippen molar-refractivity contribution < 1.29 is 8.42 Å². The van der Waals surface area contributed by atoms with E-state index in [9.17, 15) is 8.42 Å². The number of benzene rings is 2. The van der Waals surface area contributed by atoms with E-state index in [0.29, 0.717) is 11.7 Å². The fourth-order valence-corrected chi connectivity index (χ4v) is 2.70. The number of sulfonamides is 1. The van der Waals surface area contributed by atoms with Crippen LogP contribution in [0.15, 0.2) is 59.5 Å². The first-order chi connectivity index (χ1) is 10.9. The van der Waals surface area contributed by atoms with Gasteiger partial charge in [-0.05, 0) is 41.9 Å². The molecule has 0 aromatic heterocycles. The maximum Gasteiger partial charge on any atom is 0.238 e. The van der Waals surface area contributed by atoms with Gasteiger partial charge in [-0.15, -0.1) is 0 Å². The van der Waals surface area contributed by atoms with Crippen molar-refractivity contribution in [3.8, 4) is 0 Å². The van der Waals surface area contributed by atoms with Crippen LogP contribution < -0.4 is 15.8 Å². The van der Waals surface area contributed by atoms with Crippen molar-refractivity contribution in [1.82, 2.24) is 10.6 Å². The van der Waals surface area contributed by atoms with E-state index in [1.165, 1.54) is 17.7 Å². The predicted octanol–water partition coefficient (Wildman–Crippen LogP) is 1.54. The highest BCUT2D eigenvalue weighted by atomic mass is 32.2. The van der Waals surface area contributed by atoms with Gasteiger partial charge in [0.2, 0.25) is 10.0 Å². The Kier molecular flexibility index (Phi) is 6.09. The molecular weight excluding hydrogens is 330 g/mol. The van der Waals surface area contributed by atoms with Crippen LogP contribution in [0.3, 0.4) is 0 Å². The summed E-state index contributed by atoms with van der Waals surface area (Å²) in [5, 5.41) is 11.8. The van der Waals surface area contributed by atoms with Crippen molar-refractivity contribution in [3.05, 3.63) is 65.7 Å². The van der Waals surface area contributed by atoms with E-state index in [-0.39, 0.29) is 4.90 Å². The Balaban J connectivity index is 1.74. The maximum atomic E-state index is 11.2. The molecule has 0 amide bonds. The summed E-state index contributed by atoms with van der Waals surface area (Å²) in [6.45, 7) is 1.27. The molecule has 122 valence electrons. The minimum Gasteiger partial charge on any atom is -0.362 e. The smallest absolute Gasteiger partial charge is 0.238 e. The van der Waals surface area contributed by atoms with Crippen LogP contribution in [0.1, 0.15) is 11.1 Å². The van der Waals surface area contributed by atoms with E-state index in [4.69, 9.17) is 17.4 Å². The third-order valence-corrected chi connectivity index (χ3v) is 4.46. The molecule has 0 spiro atoms. The molecule has 5 nitrogen and oxygen atoms in total. The third kappa shape index (κ3) is 5.97. The molecule has 0 unspecified atom stereocenters. The second-order valence-corrected chi connectivity index (χ2v) is 7.00. The van der Waals surface area contributed by atoms with Crippen molar-refractivity contribution >= 4 is 27.4 Å². The topological polar surface area (TPSA) is 84.2 Å². The predicted molar refractivity (Wildman–Crippen MR) is 95.4 cm³/mol. The first-order valence-corrected chi connectivity index (χ1v) is 9.08. The van der Waals surface area contributed by atoms with E-state index in [2.05, 4.69) is 22.8 Å². The average Bonchev–Trinajstić information content (AvgIpc) is 2.53. The fourth-order valence-electron chi connectivity index (χ4n) is 2.01. The van der Waals surface area contributed by atoms with Gasteiger partial charge in [-0.3, -0.25) is 0 Å². The third-order valence-electron chi connectivity index (χ3n) is 3.25. The highest BCUT2D eigenvalue weighted by molar-refractivity contribution is 7.89. The van der Waals surface area contributed by atoms with Gasteiger partial charge in [-0.2, -0.15) is 0 Å². The monoisotopic (exact) mass is 349 g/mol. The van der Waals surface area contributed by atoms with E-state index in [1.807, 2.05) is 18.2 Å². The Bertz CT molecular complexity index is 745. The van der Waals surface area contributed by atoms with Crippen molar-refractivity contribution in [2.24, 2.45) is 5.14 Å². The molecule has 0 fully saturated rings. The molecule has 0 bridgehead atoms. The molecule has 2 aromatic carbocycles. The van der Waals surface area contributed by atoms with Gasteiger partial charge in [0.15, 0.2) is 5.11 Å². The lowest BCUT2D eigenvalue weighted by atomic mass is 10.1. The van der Waals surface area contributed by atoms with Crippen LogP contribution in [0.4, 0.5) is 0 Å². The molecule has 0 radical (unpaired) electrons. The quantitative estimate of drug-likeness (QED) is 0.689. The van der Waals surface area contributed by atoms with Crippen LogP contribution in [-0.2, 0) is 23.0 Å². The highest BCUT2D eigenvalue weighted by Crippen LogP contribution is 2.08. The Morgan fingerprint density at radius 3 is 2.22 bits per heavy atom. The van der Waals surface area contributed by atoms with E-state index >= 15 is 0 Å². The van der Waals surface area contributed by atoms with E-state index in [0.717, 1.165) is 18.5 Å². The molecule has 0 aliphatic carbocycles. The SMILES string of the molecule is NS(=O)(=O)c1ccc(CNC(=S)NCCc2ccccc2)cc1. The van der Waals surface area contributed by atoms with Gasteiger partial charge < -0.3 is 10.6 Å². The van der Waals surface area contributed by atoms with Gasteiger partial charge >= 0.3 is 0 Å². The normalized spacial score (nSPS) is 11.0. The molecule has 0 aliphatic heterocycles. The summed E-state index contributed by atoms with van der Waals surface area (Å²) >= 11 is 5.22. The summed E-state index contributed by atoms with van der Waals surface area (Å²) < 4.78 is 22.4. The Labute approximate surface area is 142 Å². The van der Waals surface area contributed by atoms with Gasteiger partial charge in [0, 0.05) is 13.1 Å². The van der Waals surface area contributed by atoms with Crippen molar-refractivity contribution in [2.45, 2.75) is 17.9 Å². The van der Waals surface area contributed by atoms with Crippen LogP contribution in [0.5, 0.6) is 0 Å². The molecule has 0 saturated heterocycles. The lowest BCUT2D eigenvalue weighted by Gasteiger charge is -2.11. The lowest BCUT2D eigenvalue weighted by molar-refractivity contribution is 0.597. The first kappa shape index (κ1) is 17.4. The molecule has 2 rings (SSSR count). The van der Waals surface area contributed by atoms with Crippen LogP contribution in [0, 0.1) is 0 Å². The standard InChI is InChI=1S/C16H19N3O2S2/c17-23(20,21)15-8-6-14(7-9-15)12-19-16(22)18-11-10-13-4-2-1-3-5-13/h1-9H,10-12H2,(H2,17,20,21)(H2,18,19,22). The van der Waals surface area contributed by atoms with E-state index in [1.54, 1.807) is 12.1 Å². The minimum atomic E-state index is -3.65. The number of thiocarbonyl (C=S) groups is 1. The molecule has 7 heteroatoms. The molecule has 0 aliphatic rings. The van der Waals surface area contributed by atoms with Gasteiger partial charge in [-0.1, -0.05) is 42.5 Å². The number of nitrogens with one attached hydrogen (secondary N) is 2. The minimum absolute atomic E-state index is 0.102. The largest absolute Gasteiger partial charge is 0.362 e. The molecule has 0 atom stereocenters. The Morgan fingerprint density at radius 1 is 0.957 bits per heavy atom. The Morgan fingerprint density at radius 2 is 1.61 bits per heavy atom. The highest BCUT2D eigenvalue weighted by Gasteiger charge is 2.06. The maximum absolute atomic E-state index is 11.2. The molecule has 0 heterocycles. The zero-order chi connectivity index (χ0) is 16.7. The molecule has 23 heavy (non-hydrogen) atoms. The van der Waals surface area contributed by atoms with Crippen molar-refractivity contribution in [2.75, 3.05) is 6.54 Å². The summed E-state index contributed by atoms with van der Waals surface area (Å²) in [4.78, 5) is 0.102. The van der Waals surface area contributed by atoms with Crippen LogP contribution in [0.2, 0.25) is 0 Å². The summed E-state index contributed by atoms with van der Waals surface area (Å²) in [5.41, 5.74) is 2.17. The molecular formula is C16H19N3O2S2. The zero-order valence-electron chi connectivity index (χ0n) is 12.5. The molecule has 0 saturated carbocycles. The van der Waals surface area contributed by atoms with Crippen molar-refractivity contribution in [3.63, 3.8) is 0 Å². The number of rotatable bonds is 6. The summed E-state index contributed by atoms with van der Waals surface area (Å²) in [7, 11) is -3.65. The number of nitrogens with two attached hydrogens (primary N) is 1. The van der Waals surface area contributed by atoms with Crippen molar-refractivity contribution in [1.29, 1.82) is 0 Å². The number of hydrogen-bond acceptors (Lipinski definition) is 3. The lowest BCUT2D eigenvalue weighted by Crippen LogP contribution is -2.35. The number of hydrogen-bond donors (Lipinski definition) is 3. The van der Waals surface area contributed by atoms with Gasteiger partial charge in [0.25, 0.3) is 0 Å². The van der Waals surface area contributed by atoms with Gasteiger partial charge in [0.05, 0.1) is 4.90 Å². The first-order valence-electron chi connectivity index (χ1n) is 7.12. The average molecular weight is 349 g/mol. The van der Waals surface area contributed by atoms with Gasteiger partial charge in [0.1, 0.15) is 0 Å². The Hall–Kier alpha value is -1.96. The summed E-state index contributed by atoms with van der Waals surface area (Å²) in [6, 6.07) is 16.5. The number of primary sulfonamides is 1. The zero-order valence-corrected chi connectivity index (χ0v) is 14.2. The van der Waals surface area contributed by atoms with Crippen LogP contribution >= 0.6 is 12.2 Å². The molecule has 2 aromatic rings. The second-order valence-electron chi connectivity index (χ2n) is 5.03. The molecule has 4 N–H and O–H groups in total. The fraction of sp³-hybridized carbons (Fsp3) is 0.188. The summed E-state index contributed by atoms with van der Waals surface area (Å²) in [6.07, 6.45) is 0.895. The summed E-state index contributed by atoms with van der Waals surface area (Å²) in [5.74, 6) is 0.